The lowest BCUT2D eigenvalue weighted by atomic mass is 9.92. The van der Waals surface area contributed by atoms with Crippen LogP contribution in [0.3, 0.4) is 0 Å². The summed E-state index contributed by atoms with van der Waals surface area (Å²) in [7, 11) is 0. The van der Waals surface area contributed by atoms with Gasteiger partial charge in [-0.25, -0.2) is 15.0 Å². The first-order valence-electron chi connectivity index (χ1n) is 16.0. The van der Waals surface area contributed by atoms with Crippen LogP contribution < -0.4 is 5.32 Å². The minimum Gasteiger partial charge on any atom is -0.456 e. The summed E-state index contributed by atoms with van der Waals surface area (Å²) in [6.45, 7) is 0.703. The number of nitrogens with zero attached hydrogens (tertiary/aromatic N) is 3. The van der Waals surface area contributed by atoms with E-state index in [4.69, 9.17) is 23.8 Å². The number of para-hydroxylation sites is 2. The van der Waals surface area contributed by atoms with Crippen LogP contribution in [0.5, 0.6) is 0 Å². The fourth-order valence-corrected chi connectivity index (χ4v) is 6.99. The Hall–Kier alpha value is -6.53. The van der Waals surface area contributed by atoms with E-state index in [-0.39, 0.29) is 0 Å². The molecule has 0 amide bonds. The second-order valence-electron chi connectivity index (χ2n) is 12.0. The summed E-state index contributed by atoms with van der Waals surface area (Å²) < 4.78 is 12.4. The van der Waals surface area contributed by atoms with E-state index in [0.717, 1.165) is 83.0 Å². The normalized spacial score (nSPS) is 12.8. The molecule has 6 nitrogen and oxygen atoms in total. The van der Waals surface area contributed by atoms with E-state index in [1.54, 1.807) is 0 Å². The van der Waals surface area contributed by atoms with E-state index in [0.29, 0.717) is 24.0 Å². The first kappa shape index (κ1) is 26.7. The summed E-state index contributed by atoms with van der Waals surface area (Å²) in [6, 6.07) is 45.4. The fraction of sp³-hybridized carbons (Fsp3) is 0.0238. The molecule has 0 bridgehead atoms. The average molecular weight is 619 g/mol. The standard InChI is InChI=1S/C42H26N4O2/c1-2-10-25(11-3-1)39-44-40(46-41(45-39)33-16-9-19-36-37(33)31-13-4-6-17-34(31)47-36)30-15-8-12-26-24-27(20-21-28(26)30)29-22-23-43-42-38(29)32-14-5-7-18-35(32)48-42/h1-22,24,43H,23H2. The number of rotatable bonds is 4. The molecule has 0 spiro atoms. The van der Waals surface area contributed by atoms with Crippen LogP contribution in [0.4, 0.5) is 5.88 Å². The summed E-state index contributed by atoms with van der Waals surface area (Å²) in [5.74, 6) is 2.65. The Labute approximate surface area is 275 Å². The summed E-state index contributed by atoms with van der Waals surface area (Å²) in [4.78, 5) is 15.3. The first-order valence-corrected chi connectivity index (χ1v) is 16.0. The van der Waals surface area contributed by atoms with Crippen molar-refractivity contribution in [3.63, 3.8) is 0 Å². The Bertz CT molecular complexity index is 2740. The van der Waals surface area contributed by atoms with Crippen LogP contribution in [0, 0.1) is 0 Å². The lowest BCUT2D eigenvalue weighted by Gasteiger charge is -2.16. The predicted molar refractivity (Wildman–Crippen MR) is 193 cm³/mol. The molecule has 226 valence electrons. The molecular weight excluding hydrogens is 592 g/mol. The molecule has 0 unspecified atom stereocenters. The maximum atomic E-state index is 6.22. The highest BCUT2D eigenvalue weighted by molar-refractivity contribution is 6.12. The third-order valence-corrected chi connectivity index (χ3v) is 9.18. The number of hydrogen-bond acceptors (Lipinski definition) is 6. The minimum absolute atomic E-state index is 0.601. The van der Waals surface area contributed by atoms with Gasteiger partial charge in [-0.1, -0.05) is 115 Å². The largest absolute Gasteiger partial charge is 0.456 e. The lowest BCUT2D eigenvalue weighted by molar-refractivity contribution is 0.627. The number of anilines is 1. The fourth-order valence-electron chi connectivity index (χ4n) is 6.99. The SMILES string of the molecule is C1=C(c2ccc3c(-c4nc(-c5ccccc5)nc(-c5cccc6oc7ccccc7c56)n4)cccc3c2)c2c(oc3ccccc23)NC1. The average Bonchev–Trinajstić information content (AvgIpc) is 3.73. The lowest BCUT2D eigenvalue weighted by Crippen LogP contribution is -2.06. The van der Waals surface area contributed by atoms with Gasteiger partial charge < -0.3 is 14.2 Å². The van der Waals surface area contributed by atoms with Crippen LogP contribution in [0.15, 0.2) is 148 Å². The second kappa shape index (κ2) is 10.5. The molecule has 4 heterocycles. The van der Waals surface area contributed by atoms with Gasteiger partial charge in [0, 0.05) is 39.4 Å². The van der Waals surface area contributed by atoms with Crippen LogP contribution >= 0.6 is 0 Å². The van der Waals surface area contributed by atoms with Crippen LogP contribution in [0.1, 0.15) is 11.1 Å². The van der Waals surface area contributed by atoms with Gasteiger partial charge in [0.2, 0.25) is 5.88 Å². The van der Waals surface area contributed by atoms with Crippen molar-refractivity contribution in [3.05, 3.63) is 151 Å². The molecule has 0 atom stereocenters. The van der Waals surface area contributed by atoms with Crippen molar-refractivity contribution in [2.45, 2.75) is 0 Å². The van der Waals surface area contributed by atoms with Gasteiger partial charge in [0.15, 0.2) is 17.5 Å². The minimum atomic E-state index is 0.601. The van der Waals surface area contributed by atoms with Gasteiger partial charge >= 0.3 is 0 Å². The molecule has 0 saturated heterocycles. The molecule has 0 radical (unpaired) electrons. The number of hydrogen-bond donors (Lipinski definition) is 1. The number of aromatic nitrogens is 3. The van der Waals surface area contributed by atoms with Crippen molar-refractivity contribution in [2.75, 3.05) is 11.9 Å². The van der Waals surface area contributed by atoms with Gasteiger partial charge in [-0.15, -0.1) is 0 Å². The van der Waals surface area contributed by atoms with Crippen LogP contribution in [-0.4, -0.2) is 21.5 Å². The van der Waals surface area contributed by atoms with Gasteiger partial charge in [0.1, 0.15) is 16.7 Å². The second-order valence-corrected chi connectivity index (χ2v) is 12.0. The van der Waals surface area contributed by atoms with Crippen molar-refractivity contribution in [1.82, 2.24) is 15.0 Å². The predicted octanol–water partition coefficient (Wildman–Crippen LogP) is 10.5. The summed E-state index contributed by atoms with van der Waals surface area (Å²) in [5.41, 5.74) is 8.68. The first-order chi connectivity index (χ1) is 23.8. The zero-order valence-corrected chi connectivity index (χ0v) is 25.6. The van der Waals surface area contributed by atoms with Gasteiger partial charge in [0.25, 0.3) is 0 Å². The molecule has 0 aliphatic carbocycles. The van der Waals surface area contributed by atoms with Crippen LogP contribution in [0.25, 0.3) is 83.4 Å². The zero-order chi connectivity index (χ0) is 31.6. The van der Waals surface area contributed by atoms with E-state index < -0.39 is 0 Å². The monoisotopic (exact) mass is 618 g/mol. The number of furan rings is 2. The molecule has 3 aromatic heterocycles. The summed E-state index contributed by atoms with van der Waals surface area (Å²) in [6.07, 6.45) is 2.24. The quantitative estimate of drug-likeness (QED) is 0.211. The molecule has 1 aliphatic rings. The third kappa shape index (κ3) is 4.16. The molecule has 0 fully saturated rings. The molecule has 1 N–H and O–H groups in total. The van der Waals surface area contributed by atoms with E-state index in [1.807, 2.05) is 72.8 Å². The number of benzene rings is 6. The molecule has 48 heavy (non-hydrogen) atoms. The van der Waals surface area contributed by atoms with Crippen molar-refractivity contribution >= 4 is 55.1 Å². The highest BCUT2D eigenvalue weighted by Crippen LogP contribution is 2.42. The molecule has 10 rings (SSSR count). The van der Waals surface area contributed by atoms with Gasteiger partial charge in [-0.2, -0.15) is 0 Å². The van der Waals surface area contributed by atoms with Crippen LogP contribution in [-0.2, 0) is 0 Å². The van der Waals surface area contributed by atoms with Gasteiger partial charge in [-0.3, -0.25) is 0 Å². The highest BCUT2D eigenvalue weighted by Gasteiger charge is 2.23. The maximum absolute atomic E-state index is 6.22. The Balaban J connectivity index is 1.16. The summed E-state index contributed by atoms with van der Waals surface area (Å²) >= 11 is 0. The van der Waals surface area contributed by atoms with Crippen molar-refractivity contribution in [1.29, 1.82) is 0 Å². The van der Waals surface area contributed by atoms with E-state index in [2.05, 4.69) is 72.1 Å². The Morgan fingerprint density at radius 1 is 0.500 bits per heavy atom. The smallest absolute Gasteiger partial charge is 0.202 e. The van der Waals surface area contributed by atoms with Crippen molar-refractivity contribution in [2.24, 2.45) is 0 Å². The van der Waals surface area contributed by atoms with E-state index >= 15 is 0 Å². The molecule has 6 aromatic carbocycles. The molecule has 6 heteroatoms. The molecule has 0 saturated carbocycles. The molecular formula is C42H26N4O2. The topological polar surface area (TPSA) is 77.0 Å². The maximum Gasteiger partial charge on any atom is 0.202 e. The summed E-state index contributed by atoms with van der Waals surface area (Å²) in [5, 5.41) is 8.70. The molecule has 9 aromatic rings. The molecule has 1 aliphatic heterocycles. The Morgan fingerprint density at radius 2 is 1.19 bits per heavy atom. The van der Waals surface area contributed by atoms with Crippen molar-refractivity contribution < 1.29 is 8.83 Å². The number of fused-ring (bicyclic) bond motifs is 7. The Morgan fingerprint density at radius 3 is 2.06 bits per heavy atom. The number of nitrogens with one attached hydrogen (secondary N) is 1. The van der Waals surface area contributed by atoms with Crippen LogP contribution in [0.2, 0.25) is 0 Å². The van der Waals surface area contributed by atoms with Gasteiger partial charge in [0.05, 0.1) is 5.56 Å². The highest BCUT2D eigenvalue weighted by atomic mass is 16.4. The third-order valence-electron chi connectivity index (χ3n) is 9.18. The zero-order valence-electron chi connectivity index (χ0n) is 25.6. The van der Waals surface area contributed by atoms with E-state index in [9.17, 15) is 0 Å². The van der Waals surface area contributed by atoms with Gasteiger partial charge in [-0.05, 0) is 46.2 Å². The Kier molecular flexibility index (Phi) is 5.84. The van der Waals surface area contributed by atoms with Crippen molar-refractivity contribution in [3.8, 4) is 34.2 Å². The van der Waals surface area contributed by atoms with E-state index in [1.165, 1.54) is 0 Å².